The van der Waals surface area contributed by atoms with Gasteiger partial charge in [0.1, 0.15) is 42.3 Å². The summed E-state index contributed by atoms with van der Waals surface area (Å²) in [5.74, 6) is -4.57. The molecule has 0 aliphatic carbocycles. The molecule has 12 aromatic rings. The second-order valence-corrected chi connectivity index (χ2v) is 24.3. The zero-order valence-electron chi connectivity index (χ0n) is 49.4. The van der Waals surface area contributed by atoms with E-state index in [0.29, 0.717) is 63.4 Å². The summed E-state index contributed by atoms with van der Waals surface area (Å²) in [5.41, 5.74) is 4.74. The summed E-state index contributed by atoms with van der Waals surface area (Å²) >= 11 is 0. The number of aromatic nitrogens is 27. The van der Waals surface area contributed by atoms with Crippen LogP contribution in [0.5, 0.6) is 0 Å². The summed E-state index contributed by atoms with van der Waals surface area (Å²) in [6, 6.07) is 16.6. The third kappa shape index (κ3) is 7.25. The highest BCUT2D eigenvalue weighted by Gasteiger charge is 2.73. The van der Waals surface area contributed by atoms with Crippen LogP contribution in [-0.4, -0.2) is 104 Å². The van der Waals surface area contributed by atoms with Gasteiger partial charge in [-0.05, 0) is 53.8 Å². The Balaban J connectivity index is 0.000000110. The summed E-state index contributed by atoms with van der Waals surface area (Å²) in [6.07, 6.45) is 2.30. The van der Waals surface area contributed by atoms with Crippen LogP contribution < -0.4 is 27.4 Å². The first-order valence-electron chi connectivity index (χ1n) is 28.2. The SMILES string of the molecule is Cc1nc2n(n1)C1(n3nc(C(F)(F)F)nc3-c3ccnc[n+]31)[n+]1ccccc1-2.Cc1nc2n(n1)C1(n3nc(C(F)(F)F)nc3-c3cncc[n+]31)[n+]1ccc(C(C)(C)C)cc1-2.Cc1nc2n(n1)C1(n3nc(C(F)(F)F)nc3-c3nccc[n+]31)[n+]1ccc(C(C)(C)C)cc1-2. The Morgan fingerprint density at radius 3 is 1.30 bits per heavy atom. The minimum atomic E-state index is -4.71. The molecule has 6 aliphatic heterocycles. The van der Waals surface area contributed by atoms with E-state index in [2.05, 4.69) is 117 Å². The van der Waals surface area contributed by atoms with Gasteiger partial charge in [0, 0.05) is 48.5 Å². The first-order valence-corrected chi connectivity index (χ1v) is 28.2. The van der Waals surface area contributed by atoms with E-state index in [1.807, 2.05) is 57.9 Å². The number of rotatable bonds is 0. The van der Waals surface area contributed by atoms with Crippen LogP contribution in [-0.2, 0) is 47.1 Å². The van der Waals surface area contributed by atoms with Crippen LogP contribution in [0.25, 0.3) is 69.2 Å². The van der Waals surface area contributed by atoms with Crippen molar-refractivity contribution in [2.24, 2.45) is 0 Å². The zero-order chi connectivity index (χ0) is 64.5. The normalized spacial score (nSPS) is 18.7. The van der Waals surface area contributed by atoms with Gasteiger partial charge in [-0.1, -0.05) is 65.0 Å². The Hall–Kier alpha value is -11.1. The first kappa shape index (κ1) is 56.2. The van der Waals surface area contributed by atoms with Gasteiger partial charge in [0.15, 0.2) is 30.5 Å². The third-order valence-electron chi connectivity index (χ3n) is 16.5. The minimum Gasteiger partial charge on any atom is -0.251 e. The van der Waals surface area contributed by atoms with Crippen molar-refractivity contribution in [1.82, 2.24) is 104 Å². The van der Waals surface area contributed by atoms with Gasteiger partial charge in [-0.25, -0.2) is 15.0 Å². The number of hydrogen-bond acceptors (Lipinski definition) is 15. The molecule has 92 heavy (non-hydrogen) atoms. The summed E-state index contributed by atoms with van der Waals surface area (Å²) < 4.78 is 141. The van der Waals surface area contributed by atoms with Crippen molar-refractivity contribution >= 4 is 0 Å². The maximum absolute atomic E-state index is 13.6. The van der Waals surface area contributed by atoms with E-state index in [1.54, 1.807) is 96.1 Å². The molecule has 0 fully saturated rings. The highest BCUT2D eigenvalue weighted by atomic mass is 19.4. The minimum absolute atomic E-state index is 0.00252. The maximum atomic E-state index is 13.6. The van der Waals surface area contributed by atoms with Crippen molar-refractivity contribution in [2.45, 2.75) is 109 Å². The van der Waals surface area contributed by atoms with Crippen molar-refractivity contribution in [1.29, 1.82) is 0 Å². The van der Waals surface area contributed by atoms with Crippen molar-refractivity contribution in [3.8, 4) is 69.2 Å². The van der Waals surface area contributed by atoms with Gasteiger partial charge in [0.2, 0.25) is 29.1 Å². The quantitative estimate of drug-likeness (QED) is 0.156. The number of hydrogen-bond donors (Lipinski definition) is 0. The number of pyridine rings is 3. The molecule has 18 heterocycles. The molecule has 0 N–H and O–H groups in total. The second-order valence-electron chi connectivity index (χ2n) is 24.3. The van der Waals surface area contributed by atoms with E-state index in [1.165, 1.54) is 39.0 Å². The summed E-state index contributed by atoms with van der Waals surface area (Å²) in [7, 11) is 0. The smallest absolute Gasteiger partial charge is 0.251 e. The van der Waals surface area contributed by atoms with Crippen molar-refractivity contribution in [3.05, 3.63) is 163 Å². The average Bonchev–Trinajstić information content (AvgIpc) is 1.52. The third-order valence-corrected chi connectivity index (χ3v) is 16.5. The Labute approximate surface area is 510 Å². The molecule has 0 amide bonds. The van der Waals surface area contributed by atoms with Crippen LogP contribution in [0.1, 0.15) is 87.6 Å². The van der Waals surface area contributed by atoms with E-state index < -0.39 is 53.7 Å². The van der Waals surface area contributed by atoms with Gasteiger partial charge >= 0.3 is 42.1 Å². The first-order chi connectivity index (χ1) is 43.5. The van der Waals surface area contributed by atoms with Crippen LogP contribution >= 0.6 is 0 Å². The molecule has 3 atom stereocenters. The van der Waals surface area contributed by atoms with Crippen LogP contribution in [0, 0.1) is 20.8 Å². The van der Waals surface area contributed by atoms with Crippen LogP contribution in [0.4, 0.5) is 39.5 Å². The molecule has 18 rings (SSSR count). The fourth-order valence-electron chi connectivity index (χ4n) is 12.6. The van der Waals surface area contributed by atoms with Gasteiger partial charge in [-0.15, -0.1) is 67.6 Å². The van der Waals surface area contributed by atoms with Gasteiger partial charge in [-0.3, -0.25) is 4.98 Å². The van der Waals surface area contributed by atoms with Crippen LogP contribution in [0.15, 0.2) is 117 Å². The molecule has 0 bridgehead atoms. The Morgan fingerprint density at radius 1 is 0.370 bits per heavy atom. The molecule has 12 aromatic heterocycles. The Morgan fingerprint density at radius 2 is 0.783 bits per heavy atom. The maximum Gasteiger partial charge on any atom is 0.586 e. The van der Waals surface area contributed by atoms with Gasteiger partial charge in [0.25, 0.3) is 52.4 Å². The summed E-state index contributed by atoms with van der Waals surface area (Å²) in [5, 5.41) is 25.3. The van der Waals surface area contributed by atoms with Gasteiger partial charge < -0.3 is 0 Å². The van der Waals surface area contributed by atoms with E-state index in [-0.39, 0.29) is 34.1 Å². The average molecular weight is 1270 g/mol. The van der Waals surface area contributed by atoms with E-state index in [4.69, 9.17) is 0 Å². The van der Waals surface area contributed by atoms with E-state index in [9.17, 15) is 39.5 Å². The van der Waals surface area contributed by atoms with E-state index >= 15 is 0 Å². The lowest BCUT2D eigenvalue weighted by atomic mass is 9.87. The second kappa shape index (κ2) is 17.9. The number of alkyl halides is 9. The number of halogens is 9. The number of nitrogens with zero attached hydrogens (tertiary/aromatic N) is 27. The molecule has 0 radical (unpaired) electrons. The van der Waals surface area contributed by atoms with Crippen molar-refractivity contribution < 1.29 is 66.9 Å². The van der Waals surface area contributed by atoms with Crippen molar-refractivity contribution in [2.75, 3.05) is 0 Å². The lowest BCUT2D eigenvalue weighted by Crippen LogP contribution is -2.77. The number of fused-ring (bicyclic) bond motifs is 30. The highest BCUT2D eigenvalue weighted by Crippen LogP contribution is 2.43. The van der Waals surface area contributed by atoms with Crippen LogP contribution in [0.3, 0.4) is 0 Å². The molecule has 27 nitrogen and oxygen atoms in total. The standard InChI is InChI=1S/2C20H18F3N9.C16H10F3N9/c1-11-25-15-13-9-12(18(2,3)4)5-7-29(13)20(31(15)27-11)30-8-6-24-10-14(30)16-26-17(19(21,22)23)28-32(16)20;1-11-25-14-13-10-12(18(2,3)4)6-9-29(13)20(31(14)27-11)30-8-5-7-24-15(30)16-26-17(19(21,22)23)28-32(16)20;1-9-21-12-10-4-2-3-7-25(10)16(27(12)23-9)26-8-20-6-5-11(26)13-22-14(15(17,18)19)24-28(13)16/h2*5-10H,1-4H3;2-8H,1H3/q3*+2. The monoisotopic (exact) mass is 1270 g/mol. The predicted molar refractivity (Wildman–Crippen MR) is 286 cm³/mol. The molecular weight excluding hydrogens is 1220 g/mol. The summed E-state index contributed by atoms with van der Waals surface area (Å²) in [4.78, 5) is 37.6. The molecule has 0 aromatic carbocycles. The molecule has 6 aliphatic rings. The van der Waals surface area contributed by atoms with Gasteiger partial charge in [-0.2, -0.15) is 54.5 Å². The largest absolute Gasteiger partial charge is 0.586 e. The Kier molecular flexibility index (Phi) is 10.9. The highest BCUT2D eigenvalue weighted by molar-refractivity contribution is 5.55. The van der Waals surface area contributed by atoms with Gasteiger partial charge in [0.05, 0.1) is 6.20 Å². The topological polar surface area (TPSA) is 246 Å². The lowest BCUT2D eigenvalue weighted by Gasteiger charge is -2.20. The number of aryl methyl sites for hydroxylation is 3. The molecule has 462 valence electrons. The lowest BCUT2D eigenvalue weighted by molar-refractivity contribution is -0.992. The molecule has 0 saturated carbocycles. The Bertz CT molecular complexity index is 4930. The summed E-state index contributed by atoms with van der Waals surface area (Å²) in [6.45, 7) is 17.8. The van der Waals surface area contributed by atoms with Crippen LogP contribution in [0.2, 0.25) is 0 Å². The fraction of sp³-hybridized carbons (Fsp3) is 0.304. The van der Waals surface area contributed by atoms with E-state index in [0.717, 1.165) is 11.1 Å². The fourth-order valence-corrected chi connectivity index (χ4v) is 12.6. The predicted octanol–water partition coefficient (Wildman–Crippen LogP) is 3.62. The zero-order valence-corrected chi connectivity index (χ0v) is 49.4. The molecular formula is C56H46F9N27+6. The van der Waals surface area contributed by atoms with Crippen molar-refractivity contribution in [3.63, 3.8) is 0 Å². The molecule has 0 saturated heterocycles. The molecule has 3 unspecified atom stereocenters. The molecule has 3 spiro atoms. The molecule has 36 heteroatoms.